The number of phenolic OH excluding ortho intramolecular Hbond substituents is 2. The zero-order valence-electron chi connectivity index (χ0n) is 12.6. The van der Waals surface area contributed by atoms with Gasteiger partial charge in [-0.1, -0.05) is 18.2 Å². The number of carbonyl (C=O) groups excluding carboxylic acids is 1. The number of amides is 1. The van der Waals surface area contributed by atoms with E-state index >= 15 is 0 Å². The van der Waals surface area contributed by atoms with Gasteiger partial charge in [0, 0.05) is 11.1 Å². The Morgan fingerprint density at radius 1 is 1.25 bits per heavy atom. The number of phenols is 2. The molecule has 1 amide bonds. The van der Waals surface area contributed by atoms with Crippen LogP contribution in [-0.4, -0.2) is 39.3 Å². The Kier molecular flexibility index (Phi) is 4.33. The minimum absolute atomic E-state index is 0.146. The smallest absolute Gasteiger partial charge is 0.534 e. The van der Waals surface area contributed by atoms with Gasteiger partial charge >= 0.3 is 7.12 Å². The zero-order chi connectivity index (χ0) is 17.3. The van der Waals surface area contributed by atoms with Gasteiger partial charge in [-0.15, -0.1) is 0 Å². The summed E-state index contributed by atoms with van der Waals surface area (Å²) in [5.41, 5.74) is 1.48. The van der Waals surface area contributed by atoms with Crippen LogP contribution in [0.5, 0.6) is 17.2 Å². The van der Waals surface area contributed by atoms with Gasteiger partial charge in [-0.05, 0) is 30.2 Å². The molecular formula is C16H16BNO6. The molecule has 1 unspecified atom stereocenters. The van der Waals surface area contributed by atoms with Gasteiger partial charge in [0.25, 0.3) is 5.91 Å². The van der Waals surface area contributed by atoms with E-state index in [1.807, 2.05) is 0 Å². The molecular weight excluding hydrogens is 313 g/mol. The Hall–Kier alpha value is -2.71. The van der Waals surface area contributed by atoms with E-state index in [0.29, 0.717) is 17.7 Å². The molecule has 1 aliphatic heterocycles. The SMILES string of the molecule is O=C(NC1Cc2cccc(CO)c2OB1O)c1ccc(O)c(O)c1. The number of benzene rings is 2. The number of nitrogens with one attached hydrogen (secondary N) is 1. The highest BCUT2D eigenvalue weighted by atomic mass is 16.5. The van der Waals surface area contributed by atoms with E-state index in [2.05, 4.69) is 5.32 Å². The first-order valence-corrected chi connectivity index (χ1v) is 7.39. The van der Waals surface area contributed by atoms with Crippen LogP contribution in [0.4, 0.5) is 0 Å². The second kappa shape index (κ2) is 6.42. The molecule has 0 saturated carbocycles. The lowest BCUT2D eigenvalue weighted by atomic mass is 9.72. The standard InChI is InChI=1S/C16H16BNO6/c19-8-11-3-1-2-9-7-14(17(23)24-15(9)11)18-16(22)10-4-5-12(20)13(21)6-10/h1-6,14,19-21,23H,7-8H2,(H,18,22). The van der Waals surface area contributed by atoms with Crippen molar-refractivity contribution < 1.29 is 29.8 Å². The van der Waals surface area contributed by atoms with Crippen LogP contribution < -0.4 is 9.97 Å². The topological polar surface area (TPSA) is 119 Å². The Morgan fingerprint density at radius 3 is 2.75 bits per heavy atom. The molecule has 0 aliphatic carbocycles. The summed E-state index contributed by atoms with van der Waals surface area (Å²) in [6.45, 7) is -0.209. The van der Waals surface area contributed by atoms with E-state index in [4.69, 9.17) is 4.65 Å². The normalized spacial score (nSPS) is 16.2. The Balaban J connectivity index is 1.78. The number of rotatable bonds is 3. The van der Waals surface area contributed by atoms with Crippen LogP contribution >= 0.6 is 0 Å². The first kappa shape index (κ1) is 16.2. The van der Waals surface area contributed by atoms with Crippen molar-refractivity contribution in [2.24, 2.45) is 0 Å². The summed E-state index contributed by atoms with van der Waals surface area (Å²) >= 11 is 0. The summed E-state index contributed by atoms with van der Waals surface area (Å²) in [5.74, 6) is -1.49. The molecule has 1 heterocycles. The minimum atomic E-state index is -1.26. The Morgan fingerprint density at radius 2 is 2.04 bits per heavy atom. The van der Waals surface area contributed by atoms with Crippen LogP contribution in [-0.2, 0) is 13.0 Å². The number of fused-ring (bicyclic) bond motifs is 1. The first-order chi connectivity index (χ1) is 11.5. The molecule has 24 heavy (non-hydrogen) atoms. The molecule has 2 aromatic rings. The maximum atomic E-state index is 12.2. The summed E-state index contributed by atoms with van der Waals surface area (Å²) in [6, 6.07) is 8.97. The van der Waals surface area contributed by atoms with Crippen molar-refractivity contribution in [1.82, 2.24) is 5.32 Å². The highest BCUT2D eigenvalue weighted by molar-refractivity contribution is 6.47. The van der Waals surface area contributed by atoms with Crippen molar-refractivity contribution in [2.75, 3.05) is 0 Å². The van der Waals surface area contributed by atoms with Crippen LogP contribution in [0.2, 0.25) is 0 Å². The van der Waals surface area contributed by atoms with Crippen LogP contribution in [0, 0.1) is 0 Å². The van der Waals surface area contributed by atoms with Crippen molar-refractivity contribution in [1.29, 1.82) is 0 Å². The molecule has 7 nitrogen and oxygen atoms in total. The van der Waals surface area contributed by atoms with Crippen LogP contribution in [0.25, 0.3) is 0 Å². The highest BCUT2D eigenvalue weighted by Gasteiger charge is 2.37. The quantitative estimate of drug-likeness (QED) is 0.409. The van der Waals surface area contributed by atoms with Gasteiger partial charge in [-0.2, -0.15) is 0 Å². The molecule has 0 radical (unpaired) electrons. The maximum absolute atomic E-state index is 12.2. The predicted molar refractivity (Wildman–Crippen MR) is 85.7 cm³/mol. The van der Waals surface area contributed by atoms with E-state index < -0.39 is 24.7 Å². The molecule has 0 spiro atoms. The molecule has 0 bridgehead atoms. The van der Waals surface area contributed by atoms with Gasteiger partial charge in [0.1, 0.15) is 5.75 Å². The van der Waals surface area contributed by atoms with Gasteiger partial charge in [0.15, 0.2) is 11.5 Å². The molecule has 0 fully saturated rings. The Labute approximate surface area is 138 Å². The average Bonchev–Trinajstić information content (AvgIpc) is 2.57. The fraction of sp³-hybridized carbons (Fsp3) is 0.188. The molecule has 8 heteroatoms. The monoisotopic (exact) mass is 329 g/mol. The third kappa shape index (κ3) is 3.01. The lowest BCUT2D eigenvalue weighted by molar-refractivity contribution is 0.0940. The molecule has 1 atom stereocenters. The van der Waals surface area contributed by atoms with E-state index in [9.17, 15) is 25.1 Å². The van der Waals surface area contributed by atoms with Crippen molar-refractivity contribution in [3.63, 3.8) is 0 Å². The zero-order valence-corrected chi connectivity index (χ0v) is 12.6. The molecule has 5 N–H and O–H groups in total. The van der Waals surface area contributed by atoms with E-state index in [-0.39, 0.29) is 17.9 Å². The number of para-hydroxylation sites is 1. The van der Waals surface area contributed by atoms with Crippen molar-refractivity contribution in [2.45, 2.75) is 19.0 Å². The maximum Gasteiger partial charge on any atom is 0.547 e. The number of hydrogen-bond donors (Lipinski definition) is 5. The number of aliphatic hydroxyl groups is 1. The third-order valence-corrected chi connectivity index (χ3v) is 3.93. The predicted octanol–water partition coefficient (Wildman–Crippen LogP) is 0.343. The molecule has 1 aliphatic rings. The van der Waals surface area contributed by atoms with Crippen LogP contribution in [0.15, 0.2) is 36.4 Å². The summed E-state index contributed by atoms with van der Waals surface area (Å²) in [5, 5.41) is 40.8. The van der Waals surface area contributed by atoms with Gasteiger partial charge in [0.05, 0.1) is 12.5 Å². The summed E-state index contributed by atoms with van der Waals surface area (Å²) in [4.78, 5) is 12.2. The fourth-order valence-electron chi connectivity index (χ4n) is 2.65. The Bertz CT molecular complexity index is 781. The van der Waals surface area contributed by atoms with Crippen LogP contribution in [0.1, 0.15) is 21.5 Å². The summed E-state index contributed by atoms with van der Waals surface area (Å²) in [7, 11) is -1.26. The van der Waals surface area contributed by atoms with Crippen molar-refractivity contribution in [3.8, 4) is 17.2 Å². The molecule has 0 aromatic heterocycles. The van der Waals surface area contributed by atoms with Crippen LogP contribution in [0.3, 0.4) is 0 Å². The molecule has 0 saturated heterocycles. The van der Waals surface area contributed by atoms with Crippen molar-refractivity contribution in [3.05, 3.63) is 53.1 Å². The second-order valence-electron chi connectivity index (χ2n) is 5.56. The number of hydrogen-bond acceptors (Lipinski definition) is 6. The van der Waals surface area contributed by atoms with Gasteiger partial charge in [0.2, 0.25) is 0 Å². The number of carbonyl (C=O) groups is 1. The lowest BCUT2D eigenvalue weighted by Gasteiger charge is -2.29. The number of aliphatic hydroxyl groups excluding tert-OH is 1. The average molecular weight is 329 g/mol. The van der Waals surface area contributed by atoms with Gasteiger partial charge in [-0.25, -0.2) is 0 Å². The summed E-state index contributed by atoms with van der Waals surface area (Å²) in [6.07, 6.45) is 0.333. The number of aromatic hydroxyl groups is 2. The molecule has 2 aromatic carbocycles. The van der Waals surface area contributed by atoms with Gasteiger partial charge in [-0.3, -0.25) is 4.79 Å². The minimum Gasteiger partial charge on any atom is -0.534 e. The van der Waals surface area contributed by atoms with E-state index in [1.165, 1.54) is 12.1 Å². The first-order valence-electron chi connectivity index (χ1n) is 7.39. The lowest BCUT2D eigenvalue weighted by Crippen LogP contribution is -2.53. The third-order valence-electron chi connectivity index (χ3n) is 3.93. The van der Waals surface area contributed by atoms with Gasteiger partial charge < -0.3 is 30.3 Å². The fourth-order valence-corrected chi connectivity index (χ4v) is 2.65. The highest BCUT2D eigenvalue weighted by Crippen LogP contribution is 2.30. The largest absolute Gasteiger partial charge is 0.547 e. The summed E-state index contributed by atoms with van der Waals surface area (Å²) < 4.78 is 5.44. The molecule has 124 valence electrons. The van der Waals surface area contributed by atoms with Crippen molar-refractivity contribution >= 4 is 13.0 Å². The van der Waals surface area contributed by atoms with E-state index in [1.54, 1.807) is 18.2 Å². The second-order valence-corrected chi connectivity index (χ2v) is 5.56. The van der Waals surface area contributed by atoms with E-state index in [0.717, 1.165) is 11.6 Å². The molecule has 3 rings (SSSR count).